The first-order valence-corrected chi connectivity index (χ1v) is 7.32. The van der Waals surface area contributed by atoms with Crippen molar-refractivity contribution in [2.75, 3.05) is 7.11 Å². The van der Waals surface area contributed by atoms with Crippen molar-refractivity contribution >= 4 is 0 Å². The number of methoxy groups -OCH3 is 1. The van der Waals surface area contributed by atoms with Crippen molar-refractivity contribution in [1.29, 1.82) is 0 Å². The van der Waals surface area contributed by atoms with Crippen LogP contribution in [0.15, 0.2) is 12.1 Å². The molecule has 0 amide bonds. The molecule has 0 heterocycles. The third kappa shape index (κ3) is 3.74. The first-order valence-electron chi connectivity index (χ1n) is 7.32. The summed E-state index contributed by atoms with van der Waals surface area (Å²) in [5.74, 6) is 7.31. The summed E-state index contributed by atoms with van der Waals surface area (Å²) < 4.78 is 5.61. The Balaban J connectivity index is 3.10. The Labute approximate surface area is 123 Å². The largest absolute Gasteiger partial charge is 0.496 e. The quantitative estimate of drug-likeness (QED) is 0.634. The molecule has 1 aromatic carbocycles. The summed E-state index contributed by atoms with van der Waals surface area (Å²) in [7, 11) is 1.73. The lowest BCUT2D eigenvalue weighted by atomic mass is 9.77. The van der Waals surface area contributed by atoms with Crippen molar-refractivity contribution < 1.29 is 4.74 Å². The van der Waals surface area contributed by atoms with E-state index >= 15 is 0 Å². The summed E-state index contributed by atoms with van der Waals surface area (Å²) in [5.41, 5.74) is 6.81. The monoisotopic (exact) mass is 278 g/mol. The molecule has 0 saturated heterocycles. The van der Waals surface area contributed by atoms with Crippen molar-refractivity contribution in [3.63, 3.8) is 0 Å². The zero-order valence-corrected chi connectivity index (χ0v) is 14.0. The Morgan fingerprint density at radius 2 is 1.85 bits per heavy atom. The van der Waals surface area contributed by atoms with Gasteiger partial charge in [0.15, 0.2) is 0 Å². The van der Waals surface area contributed by atoms with Gasteiger partial charge in [-0.25, -0.2) is 0 Å². The molecule has 20 heavy (non-hydrogen) atoms. The van der Waals surface area contributed by atoms with Gasteiger partial charge in [-0.05, 0) is 42.7 Å². The molecule has 0 spiro atoms. The van der Waals surface area contributed by atoms with Crippen LogP contribution in [0.2, 0.25) is 0 Å². The number of rotatable bonds is 5. The zero-order chi connectivity index (χ0) is 15.5. The highest BCUT2D eigenvalue weighted by Crippen LogP contribution is 2.37. The highest BCUT2D eigenvalue weighted by atomic mass is 16.5. The van der Waals surface area contributed by atoms with Gasteiger partial charge in [0.1, 0.15) is 5.75 Å². The molecule has 0 bridgehead atoms. The van der Waals surface area contributed by atoms with Crippen LogP contribution >= 0.6 is 0 Å². The van der Waals surface area contributed by atoms with Gasteiger partial charge in [-0.2, -0.15) is 0 Å². The normalized spacial score (nSPS) is 15.0. The number of hydrogen-bond acceptors (Lipinski definition) is 3. The van der Waals surface area contributed by atoms with Crippen LogP contribution in [0.5, 0.6) is 5.75 Å². The van der Waals surface area contributed by atoms with Gasteiger partial charge in [-0.3, -0.25) is 11.3 Å². The van der Waals surface area contributed by atoms with Gasteiger partial charge in [0.2, 0.25) is 0 Å². The van der Waals surface area contributed by atoms with Crippen molar-refractivity contribution in [2.45, 2.75) is 54.0 Å². The lowest BCUT2D eigenvalue weighted by molar-refractivity contribution is 0.222. The molecule has 0 aromatic heterocycles. The standard InChI is InChI=1S/C17H30N2O/c1-11-8-9-14(16(20-7)13(11)3)15(19-18)10-12(2)17(4,5)6/h8-9,12,15,19H,10,18H2,1-7H3. The number of ether oxygens (including phenoxy) is 1. The first kappa shape index (κ1) is 17.0. The lowest BCUT2D eigenvalue weighted by Gasteiger charge is -2.31. The van der Waals surface area contributed by atoms with Crippen molar-refractivity contribution in [3.8, 4) is 5.75 Å². The molecule has 3 heteroatoms. The van der Waals surface area contributed by atoms with E-state index in [9.17, 15) is 0 Å². The van der Waals surface area contributed by atoms with E-state index in [0.29, 0.717) is 5.92 Å². The summed E-state index contributed by atoms with van der Waals surface area (Å²) in [4.78, 5) is 0. The minimum absolute atomic E-state index is 0.110. The van der Waals surface area contributed by atoms with Crippen LogP contribution in [0.25, 0.3) is 0 Å². The molecular weight excluding hydrogens is 248 g/mol. The van der Waals surface area contributed by atoms with E-state index in [0.717, 1.165) is 17.7 Å². The molecule has 1 aromatic rings. The number of hydrazine groups is 1. The van der Waals surface area contributed by atoms with Crippen LogP contribution in [0.1, 0.15) is 56.8 Å². The fourth-order valence-electron chi connectivity index (χ4n) is 2.35. The van der Waals surface area contributed by atoms with Crippen molar-refractivity contribution in [3.05, 3.63) is 28.8 Å². The molecule has 3 N–H and O–H groups in total. The molecule has 0 aliphatic heterocycles. The maximum Gasteiger partial charge on any atom is 0.126 e. The topological polar surface area (TPSA) is 47.3 Å². The molecule has 2 unspecified atom stereocenters. The van der Waals surface area contributed by atoms with Crippen LogP contribution in [-0.4, -0.2) is 7.11 Å². The van der Waals surface area contributed by atoms with Gasteiger partial charge >= 0.3 is 0 Å². The van der Waals surface area contributed by atoms with Crippen molar-refractivity contribution in [1.82, 2.24) is 5.43 Å². The maximum atomic E-state index is 5.80. The van der Waals surface area contributed by atoms with Gasteiger partial charge in [-0.1, -0.05) is 39.8 Å². The van der Waals surface area contributed by atoms with Crippen LogP contribution in [0.3, 0.4) is 0 Å². The van der Waals surface area contributed by atoms with Gasteiger partial charge in [-0.15, -0.1) is 0 Å². The second-order valence-corrected chi connectivity index (χ2v) is 6.85. The van der Waals surface area contributed by atoms with Gasteiger partial charge in [0, 0.05) is 11.6 Å². The minimum Gasteiger partial charge on any atom is -0.496 e. The fraction of sp³-hybridized carbons (Fsp3) is 0.647. The average Bonchev–Trinajstić information content (AvgIpc) is 2.37. The van der Waals surface area contributed by atoms with E-state index in [-0.39, 0.29) is 11.5 Å². The smallest absolute Gasteiger partial charge is 0.126 e. The third-order valence-electron chi connectivity index (χ3n) is 4.56. The molecule has 0 aliphatic rings. The number of hydrogen-bond donors (Lipinski definition) is 2. The molecule has 0 aliphatic carbocycles. The Morgan fingerprint density at radius 1 is 1.25 bits per heavy atom. The summed E-state index contributed by atoms with van der Waals surface area (Å²) in [5, 5.41) is 0. The van der Waals surface area contributed by atoms with E-state index < -0.39 is 0 Å². The Bertz CT molecular complexity index is 449. The van der Waals surface area contributed by atoms with Crippen LogP contribution in [0.4, 0.5) is 0 Å². The van der Waals surface area contributed by atoms with Crippen LogP contribution in [0, 0.1) is 25.2 Å². The zero-order valence-electron chi connectivity index (χ0n) is 14.0. The van der Waals surface area contributed by atoms with E-state index in [2.05, 4.69) is 59.1 Å². The second kappa shape index (κ2) is 6.59. The minimum atomic E-state index is 0.110. The van der Waals surface area contributed by atoms with E-state index in [1.54, 1.807) is 7.11 Å². The summed E-state index contributed by atoms with van der Waals surface area (Å²) >= 11 is 0. The van der Waals surface area contributed by atoms with E-state index in [1.165, 1.54) is 11.1 Å². The summed E-state index contributed by atoms with van der Waals surface area (Å²) in [6, 6.07) is 4.37. The highest BCUT2D eigenvalue weighted by molar-refractivity contribution is 5.46. The molecule has 0 saturated carbocycles. The number of aryl methyl sites for hydroxylation is 1. The number of nitrogens with one attached hydrogen (secondary N) is 1. The Kier molecular flexibility index (Phi) is 5.60. The second-order valence-electron chi connectivity index (χ2n) is 6.85. The molecule has 0 radical (unpaired) electrons. The molecule has 2 atom stereocenters. The number of nitrogens with two attached hydrogens (primary N) is 1. The maximum absolute atomic E-state index is 5.80. The van der Waals surface area contributed by atoms with E-state index in [4.69, 9.17) is 10.6 Å². The van der Waals surface area contributed by atoms with Gasteiger partial charge in [0.25, 0.3) is 0 Å². The summed E-state index contributed by atoms with van der Waals surface area (Å²) in [6.07, 6.45) is 0.985. The lowest BCUT2D eigenvalue weighted by Crippen LogP contribution is -2.32. The SMILES string of the molecule is COc1c(C(CC(C)C(C)(C)C)NN)ccc(C)c1C. The predicted octanol–water partition coefficient (Wildman–Crippen LogP) is 3.89. The van der Waals surface area contributed by atoms with Gasteiger partial charge < -0.3 is 4.74 Å². The van der Waals surface area contributed by atoms with Crippen LogP contribution in [-0.2, 0) is 0 Å². The summed E-state index contributed by atoms with van der Waals surface area (Å²) in [6.45, 7) is 13.3. The number of benzene rings is 1. The predicted molar refractivity (Wildman–Crippen MR) is 85.8 cm³/mol. The highest BCUT2D eigenvalue weighted by Gasteiger charge is 2.26. The molecular formula is C17H30N2O. The Hall–Kier alpha value is -1.06. The molecule has 114 valence electrons. The average molecular weight is 278 g/mol. The van der Waals surface area contributed by atoms with Crippen molar-refractivity contribution in [2.24, 2.45) is 17.2 Å². The molecule has 0 fully saturated rings. The molecule has 3 nitrogen and oxygen atoms in total. The third-order valence-corrected chi connectivity index (χ3v) is 4.56. The van der Waals surface area contributed by atoms with Crippen LogP contribution < -0.4 is 16.0 Å². The fourth-order valence-corrected chi connectivity index (χ4v) is 2.35. The molecule has 1 rings (SSSR count). The Morgan fingerprint density at radius 3 is 2.30 bits per heavy atom. The van der Waals surface area contributed by atoms with Gasteiger partial charge in [0.05, 0.1) is 7.11 Å². The van der Waals surface area contributed by atoms with E-state index in [1.807, 2.05) is 0 Å². The first-order chi connectivity index (χ1) is 9.22.